The van der Waals surface area contributed by atoms with Crippen molar-refractivity contribution in [2.75, 3.05) is 19.0 Å². The average molecular weight is 239 g/mol. The van der Waals surface area contributed by atoms with E-state index in [4.69, 9.17) is 9.84 Å². The normalized spacial score (nSPS) is 11.9. The maximum atomic E-state index is 10.5. The zero-order chi connectivity index (χ0) is 12.8. The molecule has 94 valence electrons. The highest BCUT2D eigenvalue weighted by molar-refractivity contribution is 5.67. The number of anilines is 1. The smallest absolute Gasteiger partial charge is 0.303 e. The number of nitrogens with one attached hydrogen (secondary N) is 1. The maximum Gasteiger partial charge on any atom is 0.303 e. The van der Waals surface area contributed by atoms with Crippen LogP contribution in [0.25, 0.3) is 0 Å². The summed E-state index contributed by atoms with van der Waals surface area (Å²) in [6, 6.07) is 1.73. The molecular formula is C11H17N3O3. The summed E-state index contributed by atoms with van der Waals surface area (Å²) in [5, 5.41) is 11.6. The summed E-state index contributed by atoms with van der Waals surface area (Å²) in [7, 11) is 1.54. The zero-order valence-electron chi connectivity index (χ0n) is 10.2. The summed E-state index contributed by atoms with van der Waals surface area (Å²) in [5.74, 6) is 0.162. The second kappa shape index (κ2) is 6.03. The van der Waals surface area contributed by atoms with E-state index in [1.807, 2.05) is 13.8 Å². The second-order valence-corrected chi connectivity index (χ2v) is 3.96. The van der Waals surface area contributed by atoms with Crippen molar-refractivity contribution in [3.8, 4) is 5.88 Å². The van der Waals surface area contributed by atoms with Crippen molar-refractivity contribution in [2.45, 2.75) is 20.3 Å². The SMILES string of the molecule is COc1cc(C)nc(NCC(C)CC(=O)O)n1. The van der Waals surface area contributed by atoms with Crippen LogP contribution in [0.15, 0.2) is 6.07 Å². The highest BCUT2D eigenvalue weighted by Crippen LogP contribution is 2.12. The van der Waals surface area contributed by atoms with Gasteiger partial charge in [-0.05, 0) is 12.8 Å². The molecule has 1 rings (SSSR count). The predicted molar refractivity (Wildman–Crippen MR) is 63.2 cm³/mol. The summed E-state index contributed by atoms with van der Waals surface area (Å²) in [6.07, 6.45) is 0.121. The predicted octanol–water partition coefficient (Wildman–Crippen LogP) is 1.32. The standard InChI is InChI=1S/C11H17N3O3/c1-7(4-10(15)16)6-12-11-13-8(2)5-9(14-11)17-3/h5,7H,4,6H2,1-3H3,(H,15,16)(H,12,13,14). The third kappa shape index (κ3) is 4.67. The number of aryl methyl sites for hydroxylation is 1. The molecular weight excluding hydrogens is 222 g/mol. The lowest BCUT2D eigenvalue weighted by Gasteiger charge is -2.11. The fourth-order valence-corrected chi connectivity index (χ4v) is 1.36. The Labute approximate surface area is 100 Å². The number of rotatable bonds is 6. The van der Waals surface area contributed by atoms with Crippen molar-refractivity contribution in [3.05, 3.63) is 11.8 Å². The van der Waals surface area contributed by atoms with Crippen LogP contribution in [0.3, 0.4) is 0 Å². The van der Waals surface area contributed by atoms with E-state index in [9.17, 15) is 4.79 Å². The number of hydrogen-bond donors (Lipinski definition) is 2. The number of carbonyl (C=O) groups is 1. The molecule has 0 fully saturated rings. The minimum atomic E-state index is -0.804. The number of hydrogen-bond acceptors (Lipinski definition) is 5. The van der Waals surface area contributed by atoms with Gasteiger partial charge in [0.25, 0.3) is 0 Å². The van der Waals surface area contributed by atoms with Gasteiger partial charge in [-0.3, -0.25) is 4.79 Å². The van der Waals surface area contributed by atoms with Crippen molar-refractivity contribution < 1.29 is 14.6 Å². The number of aromatic nitrogens is 2. The first-order valence-electron chi connectivity index (χ1n) is 5.36. The Morgan fingerprint density at radius 1 is 1.59 bits per heavy atom. The Morgan fingerprint density at radius 2 is 2.29 bits per heavy atom. The van der Waals surface area contributed by atoms with Crippen molar-refractivity contribution in [1.29, 1.82) is 0 Å². The highest BCUT2D eigenvalue weighted by Gasteiger charge is 2.08. The van der Waals surface area contributed by atoms with E-state index in [-0.39, 0.29) is 12.3 Å². The number of methoxy groups -OCH3 is 1. The number of nitrogens with zero attached hydrogens (tertiary/aromatic N) is 2. The molecule has 6 nitrogen and oxygen atoms in total. The van der Waals surface area contributed by atoms with Crippen molar-refractivity contribution in [2.24, 2.45) is 5.92 Å². The second-order valence-electron chi connectivity index (χ2n) is 3.96. The van der Waals surface area contributed by atoms with Gasteiger partial charge in [0.2, 0.25) is 11.8 Å². The molecule has 0 amide bonds. The van der Waals surface area contributed by atoms with E-state index in [0.29, 0.717) is 18.4 Å². The molecule has 1 aromatic heterocycles. The van der Waals surface area contributed by atoms with Crippen LogP contribution in [-0.4, -0.2) is 34.7 Å². The molecule has 1 atom stereocenters. The van der Waals surface area contributed by atoms with Gasteiger partial charge in [0.1, 0.15) is 0 Å². The highest BCUT2D eigenvalue weighted by atomic mass is 16.5. The molecule has 1 heterocycles. The monoisotopic (exact) mass is 239 g/mol. The van der Waals surface area contributed by atoms with E-state index < -0.39 is 5.97 Å². The van der Waals surface area contributed by atoms with E-state index >= 15 is 0 Å². The Bertz CT molecular complexity index is 396. The third-order valence-corrected chi connectivity index (χ3v) is 2.17. The molecule has 1 aromatic rings. The molecule has 0 bridgehead atoms. The van der Waals surface area contributed by atoms with Crippen LogP contribution in [0.2, 0.25) is 0 Å². The van der Waals surface area contributed by atoms with E-state index in [1.165, 1.54) is 0 Å². The van der Waals surface area contributed by atoms with Gasteiger partial charge in [0.15, 0.2) is 0 Å². The molecule has 0 saturated carbocycles. The van der Waals surface area contributed by atoms with E-state index in [2.05, 4.69) is 15.3 Å². The van der Waals surface area contributed by atoms with Crippen LogP contribution in [0.4, 0.5) is 5.95 Å². The first-order valence-corrected chi connectivity index (χ1v) is 5.36. The van der Waals surface area contributed by atoms with Crippen LogP contribution in [0.5, 0.6) is 5.88 Å². The minimum absolute atomic E-state index is 0.0163. The van der Waals surface area contributed by atoms with Crippen molar-refractivity contribution >= 4 is 11.9 Å². The van der Waals surface area contributed by atoms with Gasteiger partial charge >= 0.3 is 5.97 Å². The average Bonchev–Trinajstić information content (AvgIpc) is 2.24. The Morgan fingerprint density at radius 3 is 2.88 bits per heavy atom. The number of carboxylic acids is 1. The van der Waals surface area contributed by atoms with Crippen LogP contribution in [0.1, 0.15) is 19.0 Å². The van der Waals surface area contributed by atoms with E-state index in [1.54, 1.807) is 13.2 Å². The van der Waals surface area contributed by atoms with Crippen molar-refractivity contribution in [1.82, 2.24) is 9.97 Å². The van der Waals surface area contributed by atoms with Gasteiger partial charge in [0, 0.05) is 24.7 Å². The molecule has 2 N–H and O–H groups in total. The van der Waals surface area contributed by atoms with E-state index in [0.717, 1.165) is 5.69 Å². The minimum Gasteiger partial charge on any atom is -0.481 e. The zero-order valence-corrected chi connectivity index (χ0v) is 10.2. The van der Waals surface area contributed by atoms with Gasteiger partial charge in [0.05, 0.1) is 7.11 Å². The Hall–Kier alpha value is -1.85. The maximum absolute atomic E-state index is 10.5. The summed E-state index contributed by atoms with van der Waals surface area (Å²) < 4.78 is 5.02. The number of ether oxygens (including phenoxy) is 1. The fourth-order valence-electron chi connectivity index (χ4n) is 1.36. The first-order chi connectivity index (χ1) is 8.01. The van der Waals surface area contributed by atoms with Gasteiger partial charge in [-0.1, -0.05) is 6.92 Å². The molecule has 0 saturated heterocycles. The Kier molecular flexibility index (Phi) is 4.68. The summed E-state index contributed by atoms with van der Waals surface area (Å²) >= 11 is 0. The molecule has 0 spiro atoms. The fraction of sp³-hybridized carbons (Fsp3) is 0.545. The molecule has 0 aromatic carbocycles. The molecule has 1 unspecified atom stereocenters. The van der Waals surface area contributed by atoms with Crippen LogP contribution in [0, 0.1) is 12.8 Å². The molecule has 0 radical (unpaired) electrons. The Balaban J connectivity index is 2.56. The molecule has 6 heteroatoms. The van der Waals surface area contributed by atoms with Crippen LogP contribution < -0.4 is 10.1 Å². The largest absolute Gasteiger partial charge is 0.481 e. The van der Waals surface area contributed by atoms with Crippen molar-refractivity contribution in [3.63, 3.8) is 0 Å². The molecule has 0 aliphatic carbocycles. The first kappa shape index (κ1) is 13.2. The summed E-state index contributed by atoms with van der Waals surface area (Å²) in [6.45, 7) is 4.21. The van der Waals surface area contributed by atoms with Crippen LogP contribution >= 0.6 is 0 Å². The molecule has 17 heavy (non-hydrogen) atoms. The van der Waals surface area contributed by atoms with Gasteiger partial charge < -0.3 is 15.2 Å². The lowest BCUT2D eigenvalue weighted by atomic mass is 10.1. The van der Waals surface area contributed by atoms with Gasteiger partial charge in [-0.2, -0.15) is 4.98 Å². The summed E-state index contributed by atoms with van der Waals surface area (Å²) in [5.41, 5.74) is 0.797. The summed E-state index contributed by atoms with van der Waals surface area (Å²) in [4.78, 5) is 18.8. The van der Waals surface area contributed by atoms with Gasteiger partial charge in [-0.25, -0.2) is 4.98 Å². The third-order valence-electron chi connectivity index (χ3n) is 2.17. The number of carboxylic acid groups (broad SMARTS) is 1. The molecule has 0 aliphatic heterocycles. The lowest BCUT2D eigenvalue weighted by molar-refractivity contribution is -0.137. The molecule has 0 aliphatic rings. The van der Waals surface area contributed by atoms with Crippen LogP contribution in [-0.2, 0) is 4.79 Å². The van der Waals surface area contributed by atoms with Gasteiger partial charge in [-0.15, -0.1) is 0 Å². The lowest BCUT2D eigenvalue weighted by Crippen LogP contribution is -2.16. The quantitative estimate of drug-likeness (QED) is 0.778. The topological polar surface area (TPSA) is 84.3 Å². The number of aliphatic carboxylic acids is 1.